The molecule has 1 fully saturated rings. The lowest BCUT2D eigenvalue weighted by molar-refractivity contribution is -0.0286. The second-order valence-corrected chi connectivity index (χ2v) is 9.27. The maximum atomic E-state index is 12.2. The number of halogens is 1. The summed E-state index contributed by atoms with van der Waals surface area (Å²) in [6.45, 7) is 2.21. The van der Waals surface area contributed by atoms with Crippen molar-refractivity contribution < 1.29 is 15.0 Å². The van der Waals surface area contributed by atoms with Gasteiger partial charge in [-0.3, -0.25) is 5.32 Å². The lowest BCUT2D eigenvalue weighted by Gasteiger charge is -2.39. The van der Waals surface area contributed by atoms with Crippen LogP contribution >= 0.6 is 11.6 Å². The van der Waals surface area contributed by atoms with Crippen molar-refractivity contribution in [3.63, 3.8) is 0 Å². The van der Waals surface area contributed by atoms with Crippen LogP contribution in [0.1, 0.15) is 66.7 Å². The molecular weight excluding hydrogens is 426 g/mol. The van der Waals surface area contributed by atoms with E-state index in [1.54, 1.807) is 19.1 Å². The van der Waals surface area contributed by atoms with Gasteiger partial charge in [0.2, 0.25) is 0 Å². The summed E-state index contributed by atoms with van der Waals surface area (Å²) >= 11 is 6.15. The van der Waals surface area contributed by atoms with Crippen LogP contribution in [0, 0.1) is 0 Å². The van der Waals surface area contributed by atoms with E-state index in [4.69, 9.17) is 11.6 Å². The number of aromatic nitrogens is 1. The highest BCUT2D eigenvalue weighted by Gasteiger charge is 2.39. The van der Waals surface area contributed by atoms with Crippen LogP contribution in [0.25, 0.3) is 10.9 Å². The van der Waals surface area contributed by atoms with Gasteiger partial charge in [0.25, 0.3) is 0 Å². The van der Waals surface area contributed by atoms with Crippen LogP contribution in [-0.4, -0.2) is 32.9 Å². The maximum Gasteiger partial charge on any atom is 0.352 e. The predicted molar refractivity (Wildman–Crippen MR) is 127 cm³/mol. The molecule has 1 saturated carbocycles. The summed E-state index contributed by atoms with van der Waals surface area (Å²) < 4.78 is 0. The molecule has 3 aromatic rings. The fourth-order valence-electron chi connectivity index (χ4n) is 4.80. The molecule has 1 aliphatic carbocycles. The quantitative estimate of drug-likeness (QED) is 0.308. The Morgan fingerprint density at radius 2 is 1.91 bits per heavy atom. The standard InChI is InChI=1S/C25H30ClN3O3/c1-25(32,29-18-10-6-3-7-11-18)23(27-15-16-8-4-2-5-9-16)21-19-13-12-17(26)14-20(19)28-22(21)24(30)31/h2,4-5,8-9,12-14,18,23,27-29,32H,3,6-7,10-11,15H2,1H3,(H,30,31). The first-order chi connectivity index (χ1) is 15.3. The molecule has 0 aliphatic heterocycles. The monoisotopic (exact) mass is 455 g/mol. The summed E-state index contributed by atoms with van der Waals surface area (Å²) in [6.07, 6.45) is 5.46. The van der Waals surface area contributed by atoms with E-state index in [1.165, 1.54) is 6.42 Å². The molecule has 0 spiro atoms. The number of H-pyrrole nitrogens is 1. The van der Waals surface area contributed by atoms with Crippen molar-refractivity contribution in [2.45, 2.75) is 63.4 Å². The average Bonchev–Trinajstić information content (AvgIpc) is 3.13. The Bertz CT molecular complexity index is 1070. The van der Waals surface area contributed by atoms with Gasteiger partial charge in [-0.05, 0) is 37.5 Å². The Morgan fingerprint density at radius 3 is 2.59 bits per heavy atom. The smallest absolute Gasteiger partial charge is 0.352 e. The number of fused-ring (bicyclic) bond motifs is 1. The number of rotatable bonds is 8. The van der Waals surface area contributed by atoms with Gasteiger partial charge in [-0.2, -0.15) is 0 Å². The summed E-state index contributed by atoms with van der Waals surface area (Å²) in [5.41, 5.74) is 0.873. The van der Waals surface area contributed by atoms with Crippen molar-refractivity contribution in [3.05, 3.63) is 70.4 Å². The highest BCUT2D eigenvalue weighted by molar-refractivity contribution is 6.31. The van der Waals surface area contributed by atoms with Crippen molar-refractivity contribution in [2.75, 3.05) is 0 Å². The largest absolute Gasteiger partial charge is 0.477 e. The third-order valence-electron chi connectivity index (χ3n) is 6.32. The summed E-state index contributed by atoms with van der Waals surface area (Å²) in [7, 11) is 0. The van der Waals surface area contributed by atoms with Crippen molar-refractivity contribution in [1.82, 2.24) is 15.6 Å². The number of hydrogen-bond acceptors (Lipinski definition) is 4. The fraction of sp³-hybridized carbons (Fsp3) is 0.400. The number of aromatic amines is 1. The molecule has 0 saturated heterocycles. The summed E-state index contributed by atoms with van der Waals surface area (Å²) in [5.74, 6) is -1.08. The van der Waals surface area contributed by atoms with Crippen LogP contribution in [0.3, 0.4) is 0 Å². The lowest BCUT2D eigenvalue weighted by atomic mass is 9.90. The number of nitrogens with one attached hydrogen (secondary N) is 3. The van der Waals surface area contributed by atoms with Crippen molar-refractivity contribution in [1.29, 1.82) is 0 Å². The molecule has 1 aliphatic rings. The number of aromatic carboxylic acids is 1. The Kier molecular flexibility index (Phi) is 6.86. The van der Waals surface area contributed by atoms with Gasteiger partial charge >= 0.3 is 5.97 Å². The van der Waals surface area contributed by atoms with Gasteiger partial charge in [-0.1, -0.05) is 67.3 Å². The van der Waals surface area contributed by atoms with E-state index >= 15 is 0 Å². The third kappa shape index (κ3) is 4.99. The lowest BCUT2D eigenvalue weighted by Crippen LogP contribution is -2.56. The first kappa shape index (κ1) is 22.8. The molecule has 0 amide bonds. The van der Waals surface area contributed by atoms with Crippen LogP contribution in [0.5, 0.6) is 0 Å². The van der Waals surface area contributed by atoms with Crippen molar-refractivity contribution in [3.8, 4) is 0 Å². The van der Waals surface area contributed by atoms with E-state index in [1.807, 2.05) is 36.4 Å². The SMILES string of the molecule is CC(O)(NC1CCCCC1)C(NCc1ccccc1)c1c(C(=O)O)[nH]c2cc(Cl)ccc12. The molecule has 6 nitrogen and oxygen atoms in total. The molecule has 0 bridgehead atoms. The predicted octanol–water partition coefficient (Wildman–Crippen LogP) is 4.98. The average molecular weight is 456 g/mol. The van der Waals surface area contributed by atoms with E-state index in [0.717, 1.165) is 36.6 Å². The summed E-state index contributed by atoms with van der Waals surface area (Å²) in [4.78, 5) is 15.2. The minimum atomic E-state index is -1.38. The molecule has 0 radical (unpaired) electrons. The van der Waals surface area contributed by atoms with Gasteiger partial charge in [0, 0.05) is 34.1 Å². The number of carbonyl (C=O) groups is 1. The molecule has 4 rings (SSSR count). The molecule has 2 unspecified atom stereocenters. The van der Waals surface area contributed by atoms with Gasteiger partial charge in [-0.25, -0.2) is 4.79 Å². The summed E-state index contributed by atoms with van der Waals surface area (Å²) in [6, 6.07) is 14.6. The first-order valence-electron chi connectivity index (χ1n) is 11.2. The number of benzene rings is 2. The highest BCUT2D eigenvalue weighted by Crippen LogP contribution is 2.36. The fourth-order valence-corrected chi connectivity index (χ4v) is 4.97. The molecule has 1 heterocycles. The summed E-state index contributed by atoms with van der Waals surface area (Å²) in [5, 5.41) is 29.8. The second kappa shape index (κ2) is 9.63. The Balaban J connectivity index is 1.76. The zero-order chi connectivity index (χ0) is 22.7. The second-order valence-electron chi connectivity index (χ2n) is 8.84. The van der Waals surface area contributed by atoms with Crippen LogP contribution < -0.4 is 10.6 Å². The van der Waals surface area contributed by atoms with E-state index in [9.17, 15) is 15.0 Å². The number of carboxylic acids is 1. The van der Waals surface area contributed by atoms with Crippen molar-refractivity contribution >= 4 is 28.5 Å². The van der Waals surface area contributed by atoms with Gasteiger partial charge in [0.1, 0.15) is 11.4 Å². The number of carboxylic acid groups (broad SMARTS) is 1. The van der Waals surface area contributed by atoms with Crippen LogP contribution in [0.2, 0.25) is 5.02 Å². The van der Waals surface area contributed by atoms with Gasteiger partial charge in [0.15, 0.2) is 0 Å². The van der Waals surface area contributed by atoms with E-state index in [-0.39, 0.29) is 11.7 Å². The zero-order valence-electron chi connectivity index (χ0n) is 18.2. The van der Waals surface area contributed by atoms with Crippen LogP contribution in [0.4, 0.5) is 0 Å². The van der Waals surface area contributed by atoms with Gasteiger partial charge < -0.3 is 20.5 Å². The zero-order valence-corrected chi connectivity index (χ0v) is 19.0. The Labute approximate surface area is 193 Å². The normalized spacial score (nSPS) is 17.8. The van der Waals surface area contributed by atoms with Gasteiger partial charge in [-0.15, -0.1) is 0 Å². The third-order valence-corrected chi connectivity index (χ3v) is 6.56. The molecule has 7 heteroatoms. The van der Waals surface area contributed by atoms with Crippen molar-refractivity contribution in [2.24, 2.45) is 0 Å². The Hall–Kier alpha value is -2.38. The molecule has 32 heavy (non-hydrogen) atoms. The van der Waals surface area contributed by atoms with Gasteiger partial charge in [0.05, 0.1) is 6.04 Å². The molecule has 5 N–H and O–H groups in total. The topological polar surface area (TPSA) is 97.4 Å². The van der Waals surface area contributed by atoms with Crippen LogP contribution in [0.15, 0.2) is 48.5 Å². The first-order valence-corrected chi connectivity index (χ1v) is 11.5. The maximum absolute atomic E-state index is 12.2. The molecule has 2 atom stereocenters. The minimum Gasteiger partial charge on any atom is -0.477 e. The molecular formula is C25H30ClN3O3. The van der Waals surface area contributed by atoms with Crippen LogP contribution in [-0.2, 0) is 6.54 Å². The van der Waals surface area contributed by atoms with E-state index < -0.39 is 17.7 Å². The van der Waals surface area contributed by atoms with E-state index in [2.05, 4.69) is 15.6 Å². The minimum absolute atomic E-state index is 0.0542. The molecule has 1 aromatic heterocycles. The Morgan fingerprint density at radius 1 is 1.19 bits per heavy atom. The number of aliphatic hydroxyl groups is 1. The highest BCUT2D eigenvalue weighted by atomic mass is 35.5. The molecule has 2 aromatic carbocycles. The number of hydrogen-bond donors (Lipinski definition) is 5. The molecule has 170 valence electrons. The van der Waals surface area contributed by atoms with E-state index in [0.29, 0.717) is 22.6 Å².